The maximum atomic E-state index is 12.1. The lowest BCUT2D eigenvalue weighted by Gasteiger charge is -2.28. The Morgan fingerprint density at radius 3 is 2.55 bits per heavy atom. The molecule has 2 aromatic carbocycles. The number of rotatable bonds is 7. The van der Waals surface area contributed by atoms with Crippen LogP contribution in [0.5, 0.6) is 0 Å². The first-order valence-electron chi connectivity index (χ1n) is 9.66. The number of nitro benzene ring substituents is 1. The zero-order valence-electron chi connectivity index (χ0n) is 17.5. The van der Waals surface area contributed by atoms with Gasteiger partial charge in [0.15, 0.2) is 0 Å². The SMILES string of the molecule is CC1=NC(C)=C(C(=O)O)C(c2cccc([N+](=O)[O-])c2)C1=C(C)NOCc1ccccc1. The van der Waals surface area contributed by atoms with Crippen LogP contribution < -0.4 is 5.48 Å². The summed E-state index contributed by atoms with van der Waals surface area (Å²) in [6.07, 6.45) is 0. The maximum absolute atomic E-state index is 12.1. The molecule has 0 bridgehead atoms. The Morgan fingerprint density at radius 2 is 1.90 bits per heavy atom. The summed E-state index contributed by atoms with van der Waals surface area (Å²) in [4.78, 5) is 32.9. The maximum Gasteiger partial charge on any atom is 0.334 e. The van der Waals surface area contributed by atoms with Crippen molar-refractivity contribution in [1.82, 2.24) is 5.48 Å². The van der Waals surface area contributed by atoms with Crippen molar-refractivity contribution >= 4 is 17.4 Å². The highest BCUT2D eigenvalue weighted by Gasteiger charge is 2.34. The van der Waals surface area contributed by atoms with E-state index in [1.54, 1.807) is 32.9 Å². The zero-order valence-corrected chi connectivity index (χ0v) is 17.5. The number of non-ortho nitro benzene ring substituents is 1. The number of carboxylic acid groups (broad SMARTS) is 1. The molecule has 31 heavy (non-hydrogen) atoms. The molecule has 8 heteroatoms. The van der Waals surface area contributed by atoms with Crippen molar-refractivity contribution in [3.8, 4) is 0 Å². The fraction of sp³-hybridized carbons (Fsp3) is 0.217. The zero-order chi connectivity index (χ0) is 22.5. The highest BCUT2D eigenvalue weighted by Crippen LogP contribution is 2.40. The van der Waals surface area contributed by atoms with Crippen molar-refractivity contribution in [2.24, 2.45) is 4.99 Å². The van der Waals surface area contributed by atoms with Gasteiger partial charge in [0, 0.05) is 40.7 Å². The molecule has 0 radical (unpaired) electrons. The summed E-state index contributed by atoms with van der Waals surface area (Å²) >= 11 is 0. The average molecular weight is 421 g/mol. The van der Waals surface area contributed by atoms with Gasteiger partial charge in [0.1, 0.15) is 0 Å². The van der Waals surface area contributed by atoms with Gasteiger partial charge in [-0.15, -0.1) is 0 Å². The Hall–Kier alpha value is -3.78. The largest absolute Gasteiger partial charge is 0.478 e. The lowest BCUT2D eigenvalue weighted by molar-refractivity contribution is -0.384. The van der Waals surface area contributed by atoms with Gasteiger partial charge in [-0.05, 0) is 31.9 Å². The molecule has 2 N–H and O–H groups in total. The van der Waals surface area contributed by atoms with Crippen LogP contribution in [0.4, 0.5) is 5.69 Å². The van der Waals surface area contributed by atoms with Gasteiger partial charge in [-0.1, -0.05) is 42.5 Å². The van der Waals surface area contributed by atoms with Crippen molar-refractivity contribution in [3.05, 3.63) is 98.4 Å². The number of carbonyl (C=O) groups is 1. The molecule has 1 atom stereocenters. The molecule has 3 rings (SSSR count). The van der Waals surface area contributed by atoms with Crippen molar-refractivity contribution in [3.63, 3.8) is 0 Å². The molecule has 1 aliphatic heterocycles. The van der Waals surface area contributed by atoms with E-state index in [4.69, 9.17) is 4.84 Å². The Labute approximate surface area is 179 Å². The van der Waals surface area contributed by atoms with Crippen LogP contribution in [-0.2, 0) is 16.2 Å². The van der Waals surface area contributed by atoms with Gasteiger partial charge in [0.25, 0.3) is 5.69 Å². The van der Waals surface area contributed by atoms with E-state index >= 15 is 0 Å². The Morgan fingerprint density at radius 1 is 1.19 bits per heavy atom. The van der Waals surface area contributed by atoms with E-state index in [1.807, 2.05) is 30.3 Å². The number of benzene rings is 2. The van der Waals surface area contributed by atoms with Gasteiger partial charge in [-0.2, -0.15) is 0 Å². The first kappa shape index (κ1) is 21.9. The van der Waals surface area contributed by atoms with Gasteiger partial charge < -0.3 is 5.11 Å². The van der Waals surface area contributed by atoms with E-state index < -0.39 is 16.8 Å². The minimum absolute atomic E-state index is 0.0744. The predicted octanol–water partition coefficient (Wildman–Crippen LogP) is 4.51. The third-order valence-corrected chi connectivity index (χ3v) is 5.05. The predicted molar refractivity (Wildman–Crippen MR) is 116 cm³/mol. The number of hydrogen-bond acceptors (Lipinski definition) is 6. The minimum Gasteiger partial charge on any atom is -0.478 e. The van der Waals surface area contributed by atoms with Crippen LogP contribution in [0.2, 0.25) is 0 Å². The van der Waals surface area contributed by atoms with E-state index in [0.717, 1.165) is 5.56 Å². The smallest absolute Gasteiger partial charge is 0.334 e. The van der Waals surface area contributed by atoms with Crippen molar-refractivity contribution in [1.29, 1.82) is 0 Å². The molecular weight excluding hydrogens is 398 g/mol. The molecule has 1 aliphatic rings. The van der Waals surface area contributed by atoms with Crippen LogP contribution in [0.25, 0.3) is 0 Å². The summed E-state index contributed by atoms with van der Waals surface area (Å²) in [7, 11) is 0. The van der Waals surface area contributed by atoms with E-state index in [-0.39, 0.29) is 11.3 Å². The van der Waals surface area contributed by atoms with E-state index in [0.29, 0.717) is 34.8 Å². The number of nitrogens with zero attached hydrogens (tertiary/aromatic N) is 2. The van der Waals surface area contributed by atoms with Gasteiger partial charge in [0.2, 0.25) is 0 Å². The van der Waals surface area contributed by atoms with E-state index in [9.17, 15) is 20.0 Å². The highest BCUT2D eigenvalue weighted by atomic mass is 16.6. The quantitative estimate of drug-likeness (QED) is 0.502. The topological polar surface area (TPSA) is 114 Å². The standard InChI is InChI=1S/C23H23N3O5/c1-14-20(16(3)25-31-13-17-8-5-4-6-9-17)22(21(23(27)28)15(2)24-14)18-10-7-11-19(12-18)26(29)30/h4-12,22,25H,13H2,1-3H3,(H,27,28). The number of allylic oxidation sites excluding steroid dienone is 3. The Balaban J connectivity index is 2.02. The number of hydrogen-bond donors (Lipinski definition) is 2. The molecule has 1 heterocycles. The fourth-order valence-corrected chi connectivity index (χ4v) is 3.71. The van der Waals surface area contributed by atoms with Crippen LogP contribution in [0.3, 0.4) is 0 Å². The Kier molecular flexibility index (Phi) is 6.61. The number of aliphatic carboxylic acids is 1. The monoisotopic (exact) mass is 421 g/mol. The van der Waals surface area contributed by atoms with Crippen molar-refractivity contribution in [2.75, 3.05) is 0 Å². The van der Waals surface area contributed by atoms with Crippen LogP contribution >= 0.6 is 0 Å². The minimum atomic E-state index is -1.12. The normalized spacial score (nSPS) is 17.8. The van der Waals surface area contributed by atoms with Crippen molar-refractivity contribution in [2.45, 2.75) is 33.3 Å². The number of nitrogens with one attached hydrogen (secondary N) is 1. The second-order valence-electron chi connectivity index (χ2n) is 7.20. The number of nitro groups is 1. The average Bonchev–Trinajstić information content (AvgIpc) is 2.73. The lowest BCUT2D eigenvalue weighted by atomic mass is 9.79. The molecule has 160 valence electrons. The molecule has 1 unspecified atom stereocenters. The van der Waals surface area contributed by atoms with Gasteiger partial charge in [-0.3, -0.25) is 25.4 Å². The lowest BCUT2D eigenvalue weighted by Crippen LogP contribution is -2.26. The van der Waals surface area contributed by atoms with Crippen LogP contribution in [0.15, 0.2) is 82.1 Å². The van der Waals surface area contributed by atoms with Crippen molar-refractivity contribution < 1.29 is 19.7 Å². The second kappa shape index (κ2) is 9.36. The van der Waals surface area contributed by atoms with E-state index in [2.05, 4.69) is 10.5 Å². The van der Waals surface area contributed by atoms with Gasteiger partial charge in [-0.25, -0.2) is 4.79 Å². The summed E-state index contributed by atoms with van der Waals surface area (Å²) in [5.74, 6) is -1.86. The third-order valence-electron chi connectivity index (χ3n) is 5.05. The summed E-state index contributed by atoms with van der Waals surface area (Å²) in [5, 5.41) is 21.2. The molecule has 0 spiro atoms. The van der Waals surface area contributed by atoms with E-state index in [1.165, 1.54) is 12.1 Å². The summed E-state index contributed by atoms with van der Waals surface area (Å²) < 4.78 is 0. The fourth-order valence-electron chi connectivity index (χ4n) is 3.71. The number of hydroxylamine groups is 1. The molecule has 2 aromatic rings. The number of aliphatic imine (C=N–C) groups is 1. The highest BCUT2D eigenvalue weighted by molar-refractivity contribution is 6.06. The first-order valence-corrected chi connectivity index (χ1v) is 9.66. The number of carboxylic acids is 1. The molecule has 0 saturated carbocycles. The van der Waals surface area contributed by atoms with Crippen LogP contribution in [0, 0.1) is 10.1 Å². The molecule has 0 amide bonds. The van der Waals surface area contributed by atoms with Crippen LogP contribution in [-0.4, -0.2) is 21.7 Å². The summed E-state index contributed by atoms with van der Waals surface area (Å²) in [6.45, 7) is 5.49. The Bertz CT molecular complexity index is 1100. The third kappa shape index (κ3) is 4.87. The van der Waals surface area contributed by atoms with Gasteiger partial charge >= 0.3 is 5.97 Å². The molecule has 0 fully saturated rings. The molecular formula is C23H23N3O5. The second-order valence-corrected chi connectivity index (χ2v) is 7.20. The first-order chi connectivity index (χ1) is 14.8. The summed E-state index contributed by atoms with van der Waals surface area (Å²) in [5.41, 5.74) is 6.50. The molecule has 0 saturated heterocycles. The molecule has 0 aromatic heterocycles. The summed E-state index contributed by atoms with van der Waals surface area (Å²) in [6, 6.07) is 15.6. The van der Waals surface area contributed by atoms with Crippen LogP contribution in [0.1, 0.15) is 37.8 Å². The molecule has 8 nitrogen and oxygen atoms in total. The van der Waals surface area contributed by atoms with Gasteiger partial charge in [0.05, 0.1) is 17.1 Å². The molecule has 0 aliphatic carbocycles.